The van der Waals surface area contributed by atoms with Crippen molar-refractivity contribution in [2.75, 3.05) is 12.5 Å². The molecule has 1 aliphatic heterocycles. The van der Waals surface area contributed by atoms with Gasteiger partial charge in [-0.1, -0.05) is 23.2 Å². The highest BCUT2D eigenvalue weighted by Gasteiger charge is 2.45. The molecule has 0 radical (unpaired) electrons. The van der Waals surface area contributed by atoms with Gasteiger partial charge in [-0.25, -0.2) is 4.79 Å². The molecule has 3 rings (SSSR count). The molecule has 14 nitrogen and oxygen atoms in total. The summed E-state index contributed by atoms with van der Waals surface area (Å²) < 4.78 is 35.0. The molecule has 5 atom stereocenters. The molecule has 1 aromatic carbocycles. The maximum Gasteiger partial charge on any atom is 0.340 e. The molecule has 2 aromatic rings. The van der Waals surface area contributed by atoms with Crippen LogP contribution in [0.25, 0.3) is 0 Å². The fourth-order valence-electron chi connectivity index (χ4n) is 3.44. The van der Waals surface area contributed by atoms with E-state index in [0.29, 0.717) is 0 Å². The largest absolute Gasteiger partial charge is 0.389 e. The van der Waals surface area contributed by atoms with Gasteiger partial charge in [0.15, 0.2) is 17.6 Å². The Balaban J connectivity index is 1.69. The van der Waals surface area contributed by atoms with Gasteiger partial charge in [-0.2, -0.15) is 0 Å². The van der Waals surface area contributed by atoms with Crippen molar-refractivity contribution in [2.24, 2.45) is 12.2 Å². The average Bonchev–Trinajstić information content (AvgIpc) is 3.09. The monoisotopic (exact) mass is 559 g/mol. The Morgan fingerprint density at radius 2 is 1.78 bits per heavy atom. The molecule has 0 aliphatic carbocycles. The molecule has 0 bridgehead atoms. The predicted molar refractivity (Wildman–Crippen MR) is 128 cm³/mol. The van der Waals surface area contributed by atoms with Gasteiger partial charge in [-0.05, 0) is 24.6 Å². The Morgan fingerprint density at radius 3 is 2.41 bits per heavy atom. The quantitative estimate of drug-likeness (QED) is 0.151. The lowest BCUT2D eigenvalue weighted by atomic mass is 10.1. The Hall–Kier alpha value is -2.56. The Kier molecular flexibility index (Phi) is 9.31. The van der Waals surface area contributed by atoms with Crippen LogP contribution in [0.5, 0.6) is 0 Å². The molecule has 1 saturated heterocycles. The molecule has 1 aliphatic rings. The fraction of sp³-hybridized carbons (Fsp3) is 0.429. The van der Waals surface area contributed by atoms with E-state index in [2.05, 4.69) is 21.5 Å². The molecule has 16 heteroatoms. The van der Waals surface area contributed by atoms with Gasteiger partial charge in [0.05, 0.1) is 6.61 Å². The van der Waals surface area contributed by atoms with E-state index >= 15 is 0 Å². The van der Waals surface area contributed by atoms with Gasteiger partial charge in [-0.3, -0.25) is 18.3 Å². The van der Waals surface area contributed by atoms with Crippen molar-refractivity contribution in [3.63, 3.8) is 0 Å². The highest BCUT2D eigenvalue weighted by molar-refractivity contribution is 7.70. The maximum absolute atomic E-state index is 12.9. The van der Waals surface area contributed by atoms with Crippen LogP contribution in [0.3, 0.4) is 0 Å². The number of ether oxygens (including phenoxy) is 1. The third kappa shape index (κ3) is 7.72. The molecule has 2 heterocycles. The Labute approximate surface area is 211 Å². The molecule has 5 N–H and O–H groups in total. The van der Waals surface area contributed by atoms with E-state index in [1.807, 2.05) is 24.3 Å². The van der Waals surface area contributed by atoms with E-state index in [1.54, 1.807) is 6.92 Å². The molecular weight excluding hydrogens is 532 g/mol. The summed E-state index contributed by atoms with van der Waals surface area (Å²) in [6.07, 6.45) is -4.74. The summed E-state index contributed by atoms with van der Waals surface area (Å²) in [4.78, 5) is 45.5. The zero-order valence-corrected chi connectivity index (χ0v) is 21.6. The summed E-state index contributed by atoms with van der Waals surface area (Å²) in [5.74, 6) is 4.32. The normalized spacial score (nSPS) is 23.8. The van der Waals surface area contributed by atoms with Gasteiger partial charge >= 0.3 is 20.9 Å². The first-order valence-corrected chi connectivity index (χ1v) is 14.4. The van der Waals surface area contributed by atoms with Crippen molar-refractivity contribution in [1.82, 2.24) is 9.13 Å². The first kappa shape index (κ1) is 29.0. The van der Waals surface area contributed by atoms with Gasteiger partial charge in [0.25, 0.3) is 0 Å². The average molecular weight is 559 g/mol. The number of hydrogen-bond acceptors (Lipinski definition) is 9. The zero-order valence-electron chi connectivity index (χ0n) is 19.8. The van der Waals surface area contributed by atoms with Crippen LogP contribution in [0.4, 0.5) is 0 Å². The molecule has 1 fully saturated rings. The lowest BCUT2D eigenvalue weighted by molar-refractivity contribution is -0.0530. The summed E-state index contributed by atoms with van der Waals surface area (Å²) in [5, 5.41) is 24.6. The number of hydrogen-bond donors (Lipinski definition) is 5. The molecule has 2 unspecified atom stereocenters. The molecular formula is C21H27N3O11P2. The molecule has 1 aromatic heterocycles. The minimum absolute atomic E-state index is 0.137. The summed E-state index contributed by atoms with van der Waals surface area (Å²) in [6, 6.07) is 8.76. The van der Waals surface area contributed by atoms with Crippen LogP contribution in [0.1, 0.15) is 24.3 Å². The van der Waals surface area contributed by atoms with E-state index in [1.165, 1.54) is 19.3 Å². The van der Waals surface area contributed by atoms with E-state index < -0.39 is 57.9 Å². The van der Waals surface area contributed by atoms with E-state index in [4.69, 9.17) is 19.4 Å². The number of aliphatic hydroxyl groups excluding tert-OH is 2. The van der Waals surface area contributed by atoms with Crippen LogP contribution in [0, 0.1) is 11.8 Å². The number of nitrogens with zero attached hydrogens (tertiary/aromatic N) is 3. The zero-order chi connectivity index (χ0) is 27.4. The van der Waals surface area contributed by atoms with Crippen LogP contribution in [0.2, 0.25) is 0 Å². The van der Waals surface area contributed by atoms with Crippen LogP contribution in [0.15, 0.2) is 46.5 Å². The third-order valence-electron chi connectivity index (χ3n) is 5.26. The number of aliphatic hydroxyl groups is 2. The van der Waals surface area contributed by atoms with Gasteiger partial charge in [-0.15, -0.1) is 5.92 Å². The third-order valence-corrected chi connectivity index (χ3v) is 8.72. The van der Waals surface area contributed by atoms with Crippen molar-refractivity contribution in [1.29, 1.82) is 0 Å². The summed E-state index contributed by atoms with van der Waals surface area (Å²) >= 11 is 0. The van der Waals surface area contributed by atoms with Crippen molar-refractivity contribution >= 4 is 15.2 Å². The van der Waals surface area contributed by atoms with Gasteiger partial charge in [0.1, 0.15) is 24.9 Å². The summed E-state index contributed by atoms with van der Waals surface area (Å²) in [5.41, 5.74) is 1.17. The standard InChI is InChI=1S/C21H27N3O11P2/c1-3-4-14-5-7-15(8-6-14)11-33-22-17-9-10-24(21(27)23(17)2)20-19(26)18(25)16(35-20)12-34-37(31,32)13-36(28,29)30/h5-10,16,18-20,25-26H,11-13H2,1-2H3,(H,31,32)(H2,28,29,30)/b22-17-/t16-,18+,19?,20-/m1/s1. The van der Waals surface area contributed by atoms with Gasteiger partial charge in [0, 0.05) is 24.9 Å². The van der Waals surface area contributed by atoms with Crippen LogP contribution < -0.4 is 11.2 Å². The first-order valence-electron chi connectivity index (χ1n) is 10.8. The van der Waals surface area contributed by atoms with Crippen LogP contribution in [-0.2, 0) is 36.9 Å². The molecule has 202 valence electrons. The molecule has 0 spiro atoms. The van der Waals surface area contributed by atoms with Gasteiger partial charge < -0.3 is 39.0 Å². The highest BCUT2D eigenvalue weighted by atomic mass is 31.2. The topological polar surface area (TPSA) is 202 Å². The molecule has 0 amide bonds. The number of rotatable bonds is 9. The maximum atomic E-state index is 12.9. The van der Waals surface area contributed by atoms with Crippen LogP contribution >= 0.6 is 15.2 Å². The van der Waals surface area contributed by atoms with Crippen molar-refractivity contribution < 1.29 is 48.1 Å². The van der Waals surface area contributed by atoms with Crippen molar-refractivity contribution in [3.8, 4) is 11.8 Å². The lowest BCUT2D eigenvalue weighted by Crippen LogP contribution is -2.42. The number of aromatic nitrogens is 2. The molecule has 0 saturated carbocycles. The van der Waals surface area contributed by atoms with E-state index in [9.17, 15) is 29.0 Å². The number of benzene rings is 1. The fourth-order valence-corrected chi connectivity index (χ4v) is 6.01. The SMILES string of the molecule is CC#Cc1ccc(CO/N=c2/ccn([C@@H]3O[C@H](COP(=O)(O)CP(=O)(O)O)[C@H](O)C3O)c(=O)n2C)cc1. The predicted octanol–water partition coefficient (Wildman–Crippen LogP) is -0.453. The second-order valence-corrected chi connectivity index (χ2v) is 12.1. The Morgan fingerprint density at radius 1 is 1.11 bits per heavy atom. The summed E-state index contributed by atoms with van der Waals surface area (Å²) in [7, 11) is -8.15. The van der Waals surface area contributed by atoms with E-state index in [-0.39, 0.29) is 12.1 Å². The van der Waals surface area contributed by atoms with E-state index in [0.717, 1.165) is 20.3 Å². The second-order valence-electron chi connectivity index (χ2n) is 8.15. The lowest BCUT2D eigenvalue weighted by Gasteiger charge is -2.19. The minimum atomic E-state index is -4.85. The minimum Gasteiger partial charge on any atom is -0.389 e. The van der Waals surface area contributed by atoms with Crippen LogP contribution in [-0.4, -0.2) is 64.8 Å². The second kappa shape index (κ2) is 11.9. The summed E-state index contributed by atoms with van der Waals surface area (Å²) in [6.45, 7) is 1.11. The highest BCUT2D eigenvalue weighted by Crippen LogP contribution is 2.55. The van der Waals surface area contributed by atoms with Crippen molar-refractivity contribution in [3.05, 3.63) is 63.6 Å². The molecule has 37 heavy (non-hydrogen) atoms. The Bertz CT molecular complexity index is 1390. The first-order chi connectivity index (χ1) is 17.3. The van der Waals surface area contributed by atoms with Crippen molar-refractivity contribution in [2.45, 2.75) is 38.1 Å². The smallest absolute Gasteiger partial charge is 0.340 e. The van der Waals surface area contributed by atoms with Gasteiger partial charge in [0.2, 0.25) is 0 Å².